The van der Waals surface area contributed by atoms with Crippen molar-refractivity contribution in [3.05, 3.63) is 47.8 Å². The van der Waals surface area contributed by atoms with Gasteiger partial charge in [-0.3, -0.25) is 0 Å². The Morgan fingerprint density at radius 2 is 2.12 bits per heavy atom. The van der Waals surface area contributed by atoms with E-state index in [2.05, 4.69) is 34.2 Å². The summed E-state index contributed by atoms with van der Waals surface area (Å²) in [6.07, 6.45) is 3.02. The molecule has 3 rings (SSSR count). The van der Waals surface area contributed by atoms with E-state index in [0.717, 1.165) is 18.7 Å². The minimum Gasteiger partial charge on any atom is -0.310 e. The molecule has 16 heavy (non-hydrogen) atoms. The van der Waals surface area contributed by atoms with Gasteiger partial charge in [0.2, 0.25) is 0 Å². The fourth-order valence-corrected chi connectivity index (χ4v) is 2.21. The summed E-state index contributed by atoms with van der Waals surface area (Å²) in [5, 5.41) is 7.93. The summed E-state index contributed by atoms with van der Waals surface area (Å²) in [5.74, 6) is 0. The molecule has 3 heteroatoms. The number of hydrogen-bond acceptors (Lipinski definition) is 2. The van der Waals surface area contributed by atoms with E-state index in [-0.39, 0.29) is 0 Å². The predicted octanol–water partition coefficient (Wildman–Crippen LogP) is 1.91. The van der Waals surface area contributed by atoms with Crippen molar-refractivity contribution in [1.82, 2.24) is 15.1 Å². The molecule has 3 nitrogen and oxygen atoms in total. The fraction of sp³-hybridized carbons (Fsp3) is 0.308. The van der Waals surface area contributed by atoms with Crippen LogP contribution in [0.5, 0.6) is 0 Å². The van der Waals surface area contributed by atoms with Crippen molar-refractivity contribution in [1.29, 1.82) is 0 Å². The number of fused-ring (bicyclic) bond motifs is 1. The van der Waals surface area contributed by atoms with Gasteiger partial charge < -0.3 is 5.32 Å². The molecule has 0 bridgehead atoms. The minimum absolute atomic E-state index is 0.534. The van der Waals surface area contributed by atoms with E-state index in [4.69, 9.17) is 0 Å². The summed E-state index contributed by atoms with van der Waals surface area (Å²) in [6.45, 7) is 3.15. The van der Waals surface area contributed by atoms with Crippen molar-refractivity contribution in [2.45, 2.75) is 25.9 Å². The first-order valence-corrected chi connectivity index (χ1v) is 5.69. The van der Waals surface area contributed by atoms with Gasteiger partial charge in [-0.05, 0) is 19.1 Å². The van der Waals surface area contributed by atoms with E-state index in [1.165, 1.54) is 11.3 Å². The van der Waals surface area contributed by atoms with Crippen molar-refractivity contribution in [3.63, 3.8) is 0 Å². The topological polar surface area (TPSA) is 29.9 Å². The minimum atomic E-state index is 0.534. The molecule has 1 aliphatic heterocycles. The average molecular weight is 213 g/mol. The number of hydrogen-bond donors (Lipinski definition) is 1. The van der Waals surface area contributed by atoms with Crippen LogP contribution in [0.1, 0.15) is 18.2 Å². The Hall–Kier alpha value is -1.61. The van der Waals surface area contributed by atoms with Crippen LogP contribution in [0.4, 0.5) is 0 Å². The molecule has 0 saturated carbocycles. The highest BCUT2D eigenvalue weighted by atomic mass is 15.3. The molecule has 1 N–H and O–H groups in total. The zero-order chi connectivity index (χ0) is 11.0. The Balaban J connectivity index is 2.07. The van der Waals surface area contributed by atoms with Crippen molar-refractivity contribution < 1.29 is 0 Å². The number of benzene rings is 1. The zero-order valence-electron chi connectivity index (χ0n) is 9.35. The van der Waals surface area contributed by atoms with E-state index in [0.29, 0.717) is 6.04 Å². The predicted molar refractivity (Wildman–Crippen MR) is 63.6 cm³/mol. The second kappa shape index (κ2) is 3.76. The first kappa shape index (κ1) is 9.60. The van der Waals surface area contributed by atoms with Crippen LogP contribution in [0.15, 0.2) is 36.5 Å². The molecule has 1 aliphatic rings. The lowest BCUT2D eigenvalue weighted by Crippen LogP contribution is -2.33. The van der Waals surface area contributed by atoms with Gasteiger partial charge in [-0.1, -0.05) is 18.2 Å². The second-order valence-electron chi connectivity index (χ2n) is 4.35. The maximum Gasteiger partial charge on any atom is 0.0648 e. The SMILES string of the molecule is C[C@H]1Cc2c(cnn2-c2ccccc2)CN1. The van der Waals surface area contributed by atoms with Gasteiger partial charge in [0.1, 0.15) is 0 Å². The number of rotatable bonds is 1. The lowest BCUT2D eigenvalue weighted by Gasteiger charge is -2.21. The molecule has 0 saturated heterocycles. The van der Waals surface area contributed by atoms with E-state index >= 15 is 0 Å². The van der Waals surface area contributed by atoms with Gasteiger partial charge in [-0.25, -0.2) is 4.68 Å². The molecule has 0 fully saturated rings. The van der Waals surface area contributed by atoms with Crippen LogP contribution in [0.3, 0.4) is 0 Å². The van der Waals surface area contributed by atoms with Crippen LogP contribution in [0.2, 0.25) is 0 Å². The van der Waals surface area contributed by atoms with E-state index < -0.39 is 0 Å². The fourth-order valence-electron chi connectivity index (χ4n) is 2.21. The Morgan fingerprint density at radius 3 is 2.94 bits per heavy atom. The molecule has 2 aromatic rings. The highest BCUT2D eigenvalue weighted by Gasteiger charge is 2.19. The highest BCUT2D eigenvalue weighted by Crippen LogP contribution is 2.19. The van der Waals surface area contributed by atoms with Gasteiger partial charge in [0, 0.05) is 24.6 Å². The number of nitrogens with one attached hydrogen (secondary N) is 1. The molecule has 0 amide bonds. The van der Waals surface area contributed by atoms with Crippen molar-refractivity contribution in [3.8, 4) is 5.69 Å². The van der Waals surface area contributed by atoms with Gasteiger partial charge >= 0.3 is 0 Å². The summed E-state index contributed by atoms with van der Waals surface area (Å²) in [5.41, 5.74) is 3.82. The largest absolute Gasteiger partial charge is 0.310 e. The first-order valence-electron chi connectivity index (χ1n) is 5.69. The van der Waals surface area contributed by atoms with Crippen LogP contribution in [-0.4, -0.2) is 15.8 Å². The maximum absolute atomic E-state index is 4.48. The first-order chi connectivity index (χ1) is 7.84. The molecule has 0 unspecified atom stereocenters. The van der Waals surface area contributed by atoms with Crippen molar-refractivity contribution in [2.75, 3.05) is 0 Å². The highest BCUT2D eigenvalue weighted by molar-refractivity contribution is 5.36. The van der Waals surface area contributed by atoms with Gasteiger partial charge in [-0.15, -0.1) is 0 Å². The third-order valence-electron chi connectivity index (χ3n) is 3.10. The molecule has 1 atom stereocenters. The summed E-state index contributed by atoms with van der Waals surface area (Å²) in [7, 11) is 0. The van der Waals surface area contributed by atoms with Crippen LogP contribution >= 0.6 is 0 Å². The monoisotopic (exact) mass is 213 g/mol. The zero-order valence-corrected chi connectivity index (χ0v) is 9.35. The van der Waals surface area contributed by atoms with Gasteiger partial charge in [-0.2, -0.15) is 5.10 Å². The molecule has 82 valence electrons. The van der Waals surface area contributed by atoms with Gasteiger partial charge in [0.25, 0.3) is 0 Å². The Kier molecular flexibility index (Phi) is 2.26. The normalized spacial score (nSPS) is 19.4. The van der Waals surface area contributed by atoms with Crippen LogP contribution < -0.4 is 5.32 Å². The molecular weight excluding hydrogens is 198 g/mol. The van der Waals surface area contributed by atoms with Crippen molar-refractivity contribution in [2.24, 2.45) is 0 Å². The van der Waals surface area contributed by atoms with Crippen LogP contribution in [0.25, 0.3) is 5.69 Å². The summed E-state index contributed by atoms with van der Waals surface area (Å²) >= 11 is 0. The molecule has 0 radical (unpaired) electrons. The average Bonchev–Trinajstić information content (AvgIpc) is 2.73. The molecule has 2 heterocycles. The molecular formula is C13H15N3. The van der Waals surface area contributed by atoms with Gasteiger partial charge in [0.15, 0.2) is 0 Å². The summed E-state index contributed by atoms with van der Waals surface area (Å²) in [6, 6.07) is 10.9. The molecule has 1 aromatic heterocycles. The Morgan fingerprint density at radius 1 is 1.31 bits per heavy atom. The third-order valence-corrected chi connectivity index (χ3v) is 3.10. The third kappa shape index (κ3) is 1.53. The standard InChI is InChI=1S/C13H15N3/c1-10-7-13-11(8-14-10)9-15-16(13)12-5-3-2-4-6-12/h2-6,9-10,14H,7-8H2,1H3/t10-/m0/s1. The Labute approximate surface area is 95.1 Å². The van der Waals surface area contributed by atoms with Crippen LogP contribution in [-0.2, 0) is 13.0 Å². The lowest BCUT2D eigenvalue weighted by atomic mass is 10.0. The summed E-state index contributed by atoms with van der Waals surface area (Å²) < 4.78 is 2.06. The number of aromatic nitrogens is 2. The molecule has 1 aromatic carbocycles. The quantitative estimate of drug-likeness (QED) is 0.784. The van der Waals surface area contributed by atoms with E-state index in [1.54, 1.807) is 0 Å². The second-order valence-corrected chi connectivity index (χ2v) is 4.35. The summed E-state index contributed by atoms with van der Waals surface area (Å²) in [4.78, 5) is 0. The maximum atomic E-state index is 4.48. The van der Waals surface area contributed by atoms with Crippen LogP contribution in [0, 0.1) is 0 Å². The lowest BCUT2D eigenvalue weighted by molar-refractivity contribution is 0.502. The van der Waals surface area contributed by atoms with E-state index in [1.807, 2.05) is 24.4 Å². The number of para-hydroxylation sites is 1. The van der Waals surface area contributed by atoms with Gasteiger partial charge in [0.05, 0.1) is 17.6 Å². The number of nitrogens with zero attached hydrogens (tertiary/aromatic N) is 2. The Bertz CT molecular complexity index is 487. The van der Waals surface area contributed by atoms with E-state index in [9.17, 15) is 0 Å². The molecule has 0 spiro atoms. The smallest absolute Gasteiger partial charge is 0.0648 e. The van der Waals surface area contributed by atoms with Crippen molar-refractivity contribution >= 4 is 0 Å². The molecule has 0 aliphatic carbocycles.